The van der Waals surface area contributed by atoms with Gasteiger partial charge in [-0.15, -0.1) is 0 Å². The van der Waals surface area contributed by atoms with E-state index in [0.717, 1.165) is 13.1 Å². The molecule has 1 aliphatic heterocycles. The number of oxazole rings is 1. The summed E-state index contributed by atoms with van der Waals surface area (Å²) in [5, 5.41) is 12.4. The third-order valence-corrected chi connectivity index (χ3v) is 5.37. The molecule has 1 aliphatic carbocycles. The first-order chi connectivity index (χ1) is 13.5. The Bertz CT molecular complexity index is 863. The van der Waals surface area contributed by atoms with Crippen LogP contribution in [-0.4, -0.2) is 52.5 Å². The van der Waals surface area contributed by atoms with E-state index in [1.807, 2.05) is 0 Å². The van der Waals surface area contributed by atoms with E-state index < -0.39 is 23.8 Å². The number of likely N-dealkylation sites (tertiary alicyclic amines) is 1. The number of carboxylic acids is 1. The summed E-state index contributed by atoms with van der Waals surface area (Å²) < 4.78 is 18.5. The van der Waals surface area contributed by atoms with Crippen LogP contribution in [-0.2, 0) is 4.79 Å². The molecule has 7 nitrogen and oxygen atoms in total. The van der Waals surface area contributed by atoms with Crippen LogP contribution < -0.4 is 5.32 Å². The van der Waals surface area contributed by atoms with E-state index in [1.165, 1.54) is 43.3 Å². The van der Waals surface area contributed by atoms with Gasteiger partial charge in [-0.25, -0.2) is 9.37 Å². The quantitative estimate of drug-likeness (QED) is 0.790. The second kappa shape index (κ2) is 7.71. The molecular weight excluding hydrogens is 365 g/mol. The monoisotopic (exact) mass is 387 g/mol. The van der Waals surface area contributed by atoms with Gasteiger partial charge in [-0.3, -0.25) is 9.59 Å². The lowest BCUT2D eigenvalue weighted by atomic mass is 9.92. The van der Waals surface area contributed by atoms with E-state index in [-0.39, 0.29) is 11.7 Å². The summed E-state index contributed by atoms with van der Waals surface area (Å²) >= 11 is 0. The number of halogens is 1. The zero-order chi connectivity index (χ0) is 19.7. The van der Waals surface area contributed by atoms with Gasteiger partial charge in [-0.05, 0) is 49.4 Å². The number of aromatic nitrogens is 1. The molecule has 2 aromatic rings. The van der Waals surface area contributed by atoms with Gasteiger partial charge in [-0.2, -0.15) is 0 Å². The van der Waals surface area contributed by atoms with Gasteiger partial charge in [0, 0.05) is 31.2 Å². The first-order valence-corrected chi connectivity index (χ1v) is 9.47. The minimum Gasteiger partial charge on any atom is -0.481 e. The number of benzene rings is 1. The Balaban J connectivity index is 1.41. The Kier molecular flexibility index (Phi) is 5.13. The second-order valence-electron chi connectivity index (χ2n) is 7.55. The van der Waals surface area contributed by atoms with Crippen LogP contribution in [0.15, 0.2) is 34.9 Å². The summed E-state index contributed by atoms with van der Waals surface area (Å²) in [5.41, 5.74) is 0.602. The fourth-order valence-corrected chi connectivity index (χ4v) is 3.63. The average molecular weight is 387 g/mol. The van der Waals surface area contributed by atoms with Gasteiger partial charge in [0.05, 0.1) is 12.1 Å². The molecule has 0 radical (unpaired) electrons. The third-order valence-electron chi connectivity index (χ3n) is 5.37. The maximum Gasteiger partial charge on any atom is 0.309 e. The molecular formula is C20H22FN3O4. The van der Waals surface area contributed by atoms with Crippen molar-refractivity contribution in [1.82, 2.24) is 15.2 Å². The number of carboxylic acid groups (broad SMARTS) is 1. The highest BCUT2D eigenvalue weighted by molar-refractivity contribution is 5.90. The van der Waals surface area contributed by atoms with E-state index in [9.17, 15) is 19.1 Å². The van der Waals surface area contributed by atoms with Crippen LogP contribution in [0.2, 0.25) is 0 Å². The summed E-state index contributed by atoms with van der Waals surface area (Å²) in [7, 11) is 0. The van der Waals surface area contributed by atoms with Crippen LogP contribution in [0.3, 0.4) is 0 Å². The Labute approximate surface area is 161 Å². The lowest BCUT2D eigenvalue weighted by Gasteiger charge is -2.36. The van der Waals surface area contributed by atoms with Gasteiger partial charge in [0.25, 0.3) is 5.89 Å². The summed E-state index contributed by atoms with van der Waals surface area (Å²) in [4.78, 5) is 30.4. The predicted octanol–water partition coefficient (Wildman–Crippen LogP) is 2.40. The van der Waals surface area contributed by atoms with Crippen LogP contribution in [0.1, 0.15) is 29.9 Å². The van der Waals surface area contributed by atoms with E-state index in [4.69, 9.17) is 4.42 Å². The van der Waals surface area contributed by atoms with Gasteiger partial charge < -0.3 is 19.7 Å². The molecule has 1 aromatic heterocycles. The average Bonchev–Trinajstić information content (AvgIpc) is 3.35. The molecule has 8 heteroatoms. The van der Waals surface area contributed by atoms with Gasteiger partial charge in [0.2, 0.25) is 0 Å². The number of rotatable bonds is 6. The van der Waals surface area contributed by atoms with Crippen LogP contribution in [0.25, 0.3) is 11.3 Å². The molecule has 1 amide bonds. The summed E-state index contributed by atoms with van der Waals surface area (Å²) in [6.07, 6.45) is 4.40. The largest absolute Gasteiger partial charge is 0.481 e. The number of piperidine rings is 1. The van der Waals surface area contributed by atoms with Crippen molar-refractivity contribution >= 4 is 11.9 Å². The van der Waals surface area contributed by atoms with Crippen molar-refractivity contribution in [2.45, 2.75) is 25.3 Å². The van der Waals surface area contributed by atoms with E-state index >= 15 is 0 Å². The highest BCUT2D eigenvalue weighted by Crippen LogP contribution is 2.31. The standard InChI is InChI=1S/C20H22FN3O4/c21-14-5-3-13(4-6-14)17-9-22-19(28-17)18(25)23-16-7-8-24(10-12-1-2-12)11-15(16)20(26)27/h3-6,9,12,15-16H,1-2,7-8,10-11H2,(H,23,25)(H,26,27)/t15-,16-/m0/s1. The number of nitrogens with zero attached hydrogens (tertiary/aromatic N) is 2. The van der Waals surface area contributed by atoms with E-state index in [0.29, 0.717) is 30.2 Å². The van der Waals surface area contributed by atoms with Crippen LogP contribution in [0.4, 0.5) is 4.39 Å². The van der Waals surface area contributed by atoms with Gasteiger partial charge >= 0.3 is 11.9 Å². The zero-order valence-corrected chi connectivity index (χ0v) is 15.3. The predicted molar refractivity (Wildman–Crippen MR) is 98.1 cm³/mol. The van der Waals surface area contributed by atoms with Gasteiger partial charge in [-0.1, -0.05) is 0 Å². The number of aliphatic carboxylic acids is 1. The molecule has 1 saturated heterocycles. The lowest BCUT2D eigenvalue weighted by molar-refractivity contribution is -0.144. The molecule has 28 heavy (non-hydrogen) atoms. The normalized spacial score (nSPS) is 22.8. The topological polar surface area (TPSA) is 95.7 Å². The molecule has 2 fully saturated rings. The first kappa shape index (κ1) is 18.6. The minimum atomic E-state index is -0.912. The number of carbonyl (C=O) groups is 2. The maximum atomic E-state index is 13.0. The summed E-state index contributed by atoms with van der Waals surface area (Å²) in [6.45, 7) is 2.13. The Morgan fingerprint density at radius 3 is 2.68 bits per heavy atom. The molecule has 1 aromatic carbocycles. The molecule has 2 atom stereocenters. The van der Waals surface area contributed by atoms with Crippen LogP contribution in [0.5, 0.6) is 0 Å². The summed E-state index contributed by atoms with van der Waals surface area (Å²) in [6, 6.07) is 5.19. The SMILES string of the molecule is O=C(N[C@H]1CCN(CC2CC2)C[C@@H]1C(=O)O)c1ncc(-c2ccc(F)cc2)o1. The third kappa shape index (κ3) is 4.22. The van der Waals surface area contributed by atoms with Crippen molar-refractivity contribution in [1.29, 1.82) is 0 Å². The van der Waals surface area contributed by atoms with Gasteiger partial charge in [0.1, 0.15) is 5.82 Å². The molecule has 0 bridgehead atoms. The summed E-state index contributed by atoms with van der Waals surface area (Å²) in [5.74, 6) is -1.58. The molecule has 2 heterocycles. The Morgan fingerprint density at radius 2 is 2.00 bits per heavy atom. The first-order valence-electron chi connectivity index (χ1n) is 9.47. The molecule has 4 rings (SSSR count). The molecule has 0 spiro atoms. The Morgan fingerprint density at radius 1 is 1.25 bits per heavy atom. The lowest BCUT2D eigenvalue weighted by Crippen LogP contribution is -2.53. The molecule has 0 unspecified atom stereocenters. The van der Waals surface area contributed by atoms with Crippen molar-refractivity contribution in [3.8, 4) is 11.3 Å². The smallest absolute Gasteiger partial charge is 0.309 e. The maximum absolute atomic E-state index is 13.0. The fraction of sp³-hybridized carbons (Fsp3) is 0.450. The fourth-order valence-electron chi connectivity index (χ4n) is 3.63. The highest BCUT2D eigenvalue weighted by Gasteiger charge is 2.37. The number of hydrogen-bond acceptors (Lipinski definition) is 5. The molecule has 148 valence electrons. The number of amides is 1. The molecule has 2 aliphatic rings. The number of hydrogen-bond donors (Lipinski definition) is 2. The van der Waals surface area contributed by atoms with E-state index in [2.05, 4.69) is 15.2 Å². The van der Waals surface area contributed by atoms with Crippen LogP contribution >= 0.6 is 0 Å². The highest BCUT2D eigenvalue weighted by atomic mass is 19.1. The van der Waals surface area contributed by atoms with Crippen molar-refractivity contribution in [2.75, 3.05) is 19.6 Å². The Hall–Kier alpha value is -2.74. The zero-order valence-electron chi connectivity index (χ0n) is 15.3. The minimum absolute atomic E-state index is 0.135. The van der Waals surface area contributed by atoms with Crippen molar-refractivity contribution in [3.05, 3.63) is 42.2 Å². The second-order valence-corrected chi connectivity index (χ2v) is 7.55. The molecule has 1 saturated carbocycles. The van der Waals surface area contributed by atoms with Gasteiger partial charge in [0.15, 0.2) is 5.76 Å². The molecule has 2 N–H and O–H groups in total. The van der Waals surface area contributed by atoms with E-state index in [1.54, 1.807) is 0 Å². The number of carbonyl (C=O) groups excluding carboxylic acids is 1. The number of nitrogens with one attached hydrogen (secondary N) is 1. The van der Waals surface area contributed by atoms with Crippen molar-refractivity contribution in [3.63, 3.8) is 0 Å². The van der Waals surface area contributed by atoms with Crippen molar-refractivity contribution in [2.24, 2.45) is 11.8 Å². The van der Waals surface area contributed by atoms with Crippen LogP contribution in [0, 0.1) is 17.7 Å². The van der Waals surface area contributed by atoms with Crippen molar-refractivity contribution < 1.29 is 23.5 Å².